The van der Waals surface area contributed by atoms with E-state index in [4.69, 9.17) is 0 Å². The van der Waals surface area contributed by atoms with Gasteiger partial charge in [-0.15, -0.1) is 16.4 Å². The molecule has 1 unspecified atom stereocenters. The minimum Gasteiger partial charge on any atom is -0.305 e. The Labute approximate surface area is 126 Å². The normalized spacial score (nSPS) is 12.8. The summed E-state index contributed by atoms with van der Waals surface area (Å²) in [5.41, 5.74) is 2.41. The summed E-state index contributed by atoms with van der Waals surface area (Å²) in [4.78, 5) is 1.30. The van der Waals surface area contributed by atoms with E-state index in [1.807, 2.05) is 10.9 Å². The van der Waals surface area contributed by atoms with Gasteiger partial charge in [0.2, 0.25) is 0 Å². The predicted octanol–water partition coefficient (Wildman–Crippen LogP) is 3.52. The Hall–Kier alpha value is -0.720. The number of halogens is 1. The van der Waals surface area contributed by atoms with Gasteiger partial charge in [-0.25, -0.2) is 4.68 Å². The topological polar surface area (TPSA) is 42.7 Å². The average molecular weight is 343 g/mol. The molecule has 2 rings (SSSR count). The van der Waals surface area contributed by atoms with Crippen LogP contribution in [0.2, 0.25) is 0 Å². The lowest BCUT2D eigenvalue weighted by atomic mass is 10.1. The highest BCUT2D eigenvalue weighted by Gasteiger charge is 2.20. The molecule has 104 valence electrons. The predicted molar refractivity (Wildman–Crippen MR) is 82.6 cm³/mol. The second-order valence-corrected chi connectivity index (χ2v) is 6.88. The fraction of sp³-hybridized carbons (Fsp3) is 0.538. The van der Waals surface area contributed by atoms with Gasteiger partial charge >= 0.3 is 0 Å². The van der Waals surface area contributed by atoms with Crippen LogP contribution in [0.5, 0.6) is 0 Å². The molecule has 1 atom stereocenters. The number of hydrogen-bond acceptors (Lipinski definition) is 4. The van der Waals surface area contributed by atoms with Crippen molar-refractivity contribution >= 4 is 27.3 Å². The number of nitrogens with one attached hydrogen (secondary N) is 1. The third kappa shape index (κ3) is 3.24. The van der Waals surface area contributed by atoms with E-state index in [9.17, 15) is 0 Å². The molecule has 0 amide bonds. The Bertz CT molecular complexity index is 515. The quantitative estimate of drug-likeness (QED) is 0.873. The van der Waals surface area contributed by atoms with Crippen LogP contribution in [-0.2, 0) is 6.54 Å². The van der Waals surface area contributed by atoms with Crippen molar-refractivity contribution in [2.75, 3.05) is 6.54 Å². The zero-order valence-electron chi connectivity index (χ0n) is 11.5. The van der Waals surface area contributed by atoms with Crippen molar-refractivity contribution < 1.29 is 0 Å². The molecule has 6 heteroatoms. The van der Waals surface area contributed by atoms with Crippen molar-refractivity contribution in [3.8, 4) is 0 Å². The number of thiophene rings is 1. The molecular weight excluding hydrogens is 324 g/mol. The van der Waals surface area contributed by atoms with Crippen molar-refractivity contribution in [1.82, 2.24) is 20.3 Å². The van der Waals surface area contributed by atoms with E-state index < -0.39 is 0 Å². The molecule has 19 heavy (non-hydrogen) atoms. The molecule has 0 aliphatic rings. The fourth-order valence-electron chi connectivity index (χ4n) is 2.06. The van der Waals surface area contributed by atoms with Crippen LogP contribution in [0.25, 0.3) is 0 Å². The van der Waals surface area contributed by atoms with Crippen molar-refractivity contribution in [3.05, 3.63) is 32.2 Å². The number of rotatable bonds is 6. The third-order valence-electron chi connectivity index (χ3n) is 2.95. The van der Waals surface area contributed by atoms with Gasteiger partial charge in [-0.1, -0.05) is 19.1 Å². The second-order valence-electron chi connectivity index (χ2n) is 4.48. The van der Waals surface area contributed by atoms with Crippen LogP contribution in [0.4, 0.5) is 0 Å². The van der Waals surface area contributed by atoms with Crippen LogP contribution in [-0.4, -0.2) is 21.5 Å². The Morgan fingerprint density at radius 2 is 2.26 bits per heavy atom. The highest BCUT2D eigenvalue weighted by atomic mass is 79.9. The standard InChI is InChI=1S/C13H19BrN4S/c1-4-6-18-10(8-16-17-18)12(15-5-2)11-7-9(3)13(14)19-11/h7-8,12,15H,4-6H2,1-3H3. The fourth-order valence-corrected chi connectivity index (χ4v) is 3.72. The Kier molecular flexibility index (Phi) is 5.13. The van der Waals surface area contributed by atoms with Gasteiger partial charge < -0.3 is 5.32 Å². The molecule has 0 fully saturated rings. The van der Waals surface area contributed by atoms with Crippen molar-refractivity contribution in [3.63, 3.8) is 0 Å². The molecule has 0 bridgehead atoms. The van der Waals surface area contributed by atoms with Crippen LogP contribution < -0.4 is 5.32 Å². The number of hydrogen-bond donors (Lipinski definition) is 1. The monoisotopic (exact) mass is 342 g/mol. The maximum absolute atomic E-state index is 4.18. The van der Waals surface area contributed by atoms with Crippen LogP contribution in [0.3, 0.4) is 0 Å². The number of nitrogens with zero attached hydrogens (tertiary/aromatic N) is 3. The van der Waals surface area contributed by atoms with Gasteiger partial charge in [0, 0.05) is 11.4 Å². The van der Waals surface area contributed by atoms with Gasteiger partial charge in [-0.05, 0) is 47.4 Å². The molecule has 2 heterocycles. The van der Waals surface area contributed by atoms with E-state index in [-0.39, 0.29) is 6.04 Å². The van der Waals surface area contributed by atoms with E-state index in [1.165, 1.54) is 14.2 Å². The van der Waals surface area contributed by atoms with Crippen LogP contribution in [0, 0.1) is 6.92 Å². The van der Waals surface area contributed by atoms with Gasteiger partial charge in [0.1, 0.15) is 0 Å². The van der Waals surface area contributed by atoms with E-state index in [0.29, 0.717) is 0 Å². The molecular formula is C13H19BrN4S. The molecule has 4 nitrogen and oxygen atoms in total. The molecule has 2 aromatic heterocycles. The molecule has 0 spiro atoms. The van der Waals surface area contributed by atoms with Crippen molar-refractivity contribution in [2.45, 2.75) is 39.8 Å². The SMILES string of the molecule is CCCn1nncc1C(NCC)c1cc(C)c(Br)s1. The van der Waals surface area contributed by atoms with Gasteiger partial charge in [0.25, 0.3) is 0 Å². The lowest BCUT2D eigenvalue weighted by Crippen LogP contribution is -2.24. The highest BCUT2D eigenvalue weighted by molar-refractivity contribution is 9.11. The van der Waals surface area contributed by atoms with Crippen molar-refractivity contribution in [1.29, 1.82) is 0 Å². The van der Waals surface area contributed by atoms with Crippen LogP contribution in [0.1, 0.15) is 42.4 Å². The molecule has 0 aliphatic carbocycles. The number of aromatic nitrogens is 3. The summed E-state index contributed by atoms with van der Waals surface area (Å²) in [5, 5.41) is 11.8. The first-order valence-electron chi connectivity index (χ1n) is 6.55. The van der Waals surface area contributed by atoms with E-state index in [1.54, 1.807) is 11.3 Å². The number of aryl methyl sites for hydroxylation is 2. The lowest BCUT2D eigenvalue weighted by molar-refractivity contribution is 0.514. The van der Waals surface area contributed by atoms with Gasteiger partial charge in [-0.2, -0.15) is 0 Å². The summed E-state index contributed by atoms with van der Waals surface area (Å²) in [6.07, 6.45) is 2.92. The Balaban J connectivity index is 2.36. The smallest absolute Gasteiger partial charge is 0.0858 e. The first-order chi connectivity index (χ1) is 9.17. The zero-order valence-corrected chi connectivity index (χ0v) is 13.9. The summed E-state index contributed by atoms with van der Waals surface area (Å²) in [7, 11) is 0. The van der Waals surface area contributed by atoms with E-state index >= 15 is 0 Å². The minimum atomic E-state index is 0.168. The molecule has 0 saturated heterocycles. The summed E-state index contributed by atoms with van der Waals surface area (Å²) in [6.45, 7) is 8.21. The largest absolute Gasteiger partial charge is 0.305 e. The third-order valence-corrected chi connectivity index (χ3v) is 5.15. The Morgan fingerprint density at radius 3 is 2.84 bits per heavy atom. The first-order valence-corrected chi connectivity index (χ1v) is 8.15. The summed E-state index contributed by atoms with van der Waals surface area (Å²) in [6, 6.07) is 2.40. The van der Waals surface area contributed by atoms with Gasteiger partial charge in [-0.3, -0.25) is 0 Å². The van der Waals surface area contributed by atoms with Gasteiger partial charge in [0.05, 0.1) is 21.7 Å². The van der Waals surface area contributed by atoms with Gasteiger partial charge in [0.15, 0.2) is 0 Å². The molecule has 2 aromatic rings. The first kappa shape index (κ1) is 14.7. The van der Waals surface area contributed by atoms with E-state index in [0.717, 1.165) is 25.2 Å². The second kappa shape index (κ2) is 6.63. The van der Waals surface area contributed by atoms with E-state index in [2.05, 4.69) is 58.4 Å². The highest BCUT2D eigenvalue weighted by Crippen LogP contribution is 2.34. The maximum Gasteiger partial charge on any atom is 0.0858 e. The lowest BCUT2D eigenvalue weighted by Gasteiger charge is -2.17. The van der Waals surface area contributed by atoms with Crippen LogP contribution in [0.15, 0.2) is 16.0 Å². The van der Waals surface area contributed by atoms with Crippen molar-refractivity contribution in [2.24, 2.45) is 0 Å². The molecule has 1 N–H and O–H groups in total. The minimum absolute atomic E-state index is 0.168. The molecule has 0 saturated carbocycles. The molecule has 0 radical (unpaired) electrons. The molecule has 0 aliphatic heterocycles. The summed E-state index contributed by atoms with van der Waals surface area (Å²) < 4.78 is 3.19. The summed E-state index contributed by atoms with van der Waals surface area (Å²) in [5.74, 6) is 0. The maximum atomic E-state index is 4.18. The zero-order chi connectivity index (χ0) is 13.8. The average Bonchev–Trinajstić information content (AvgIpc) is 2.95. The Morgan fingerprint density at radius 1 is 1.47 bits per heavy atom. The molecule has 0 aromatic carbocycles. The summed E-state index contributed by atoms with van der Waals surface area (Å²) >= 11 is 5.37. The van der Waals surface area contributed by atoms with Crippen LogP contribution >= 0.6 is 27.3 Å².